The van der Waals surface area contributed by atoms with Crippen LogP contribution in [0.2, 0.25) is 0 Å². The molecule has 2 fully saturated rings. The number of hydrogen-bond acceptors (Lipinski definition) is 4. The minimum Gasteiger partial charge on any atom is -0.372 e. The molecule has 1 aromatic rings. The van der Waals surface area contributed by atoms with Crippen LogP contribution in [0.4, 0.5) is 5.69 Å². The highest BCUT2D eigenvalue weighted by atomic mass is 16.5. The third-order valence-corrected chi connectivity index (χ3v) is 6.73. The summed E-state index contributed by atoms with van der Waals surface area (Å²) in [6.07, 6.45) is 6.00. The van der Waals surface area contributed by atoms with Crippen LogP contribution in [-0.4, -0.2) is 62.8 Å². The number of carbonyl (C=O) groups excluding carboxylic acids is 1. The van der Waals surface area contributed by atoms with Gasteiger partial charge in [-0.2, -0.15) is 0 Å². The van der Waals surface area contributed by atoms with Gasteiger partial charge < -0.3 is 15.0 Å². The van der Waals surface area contributed by atoms with Crippen molar-refractivity contribution < 1.29 is 9.53 Å². The van der Waals surface area contributed by atoms with Gasteiger partial charge in [-0.25, -0.2) is 0 Å². The molecule has 1 aliphatic heterocycles. The maximum atomic E-state index is 11.8. The van der Waals surface area contributed by atoms with Gasteiger partial charge in [0.25, 0.3) is 0 Å². The first-order chi connectivity index (χ1) is 14.0. The van der Waals surface area contributed by atoms with Crippen LogP contribution < -0.4 is 10.2 Å². The van der Waals surface area contributed by atoms with Gasteiger partial charge >= 0.3 is 0 Å². The standard InChI is InChI=1S/C24H39N3O2/c1-4-29-18-24(28)25-22-8-6-21(7-9-22)11-12-26-13-15-27(16-14-26)23-10-5-19(2)20(3)17-23/h5,10,17,21-22H,4,6-9,11-16,18H2,1-3H3,(H,25,28). The van der Waals surface area contributed by atoms with Crippen LogP contribution in [0, 0.1) is 19.8 Å². The van der Waals surface area contributed by atoms with Gasteiger partial charge in [-0.1, -0.05) is 6.07 Å². The number of nitrogens with zero attached hydrogens (tertiary/aromatic N) is 2. The Kier molecular flexibility index (Phi) is 8.37. The smallest absolute Gasteiger partial charge is 0.246 e. The molecule has 29 heavy (non-hydrogen) atoms. The van der Waals surface area contributed by atoms with Crippen LogP contribution in [0.25, 0.3) is 0 Å². The van der Waals surface area contributed by atoms with E-state index in [1.165, 1.54) is 42.6 Å². The van der Waals surface area contributed by atoms with Gasteiger partial charge in [-0.15, -0.1) is 0 Å². The van der Waals surface area contributed by atoms with Crippen molar-refractivity contribution >= 4 is 11.6 Å². The predicted molar refractivity (Wildman–Crippen MR) is 120 cm³/mol. The predicted octanol–water partition coefficient (Wildman–Crippen LogP) is 3.53. The number of rotatable bonds is 8. The van der Waals surface area contributed by atoms with E-state index < -0.39 is 0 Å². The Balaban J connectivity index is 1.32. The molecule has 1 saturated heterocycles. The summed E-state index contributed by atoms with van der Waals surface area (Å²) >= 11 is 0. The summed E-state index contributed by atoms with van der Waals surface area (Å²) in [4.78, 5) is 17.0. The van der Waals surface area contributed by atoms with E-state index >= 15 is 0 Å². The minimum absolute atomic E-state index is 0.0388. The van der Waals surface area contributed by atoms with Crippen LogP contribution in [0.1, 0.15) is 50.2 Å². The van der Waals surface area contributed by atoms with Crippen molar-refractivity contribution in [1.82, 2.24) is 10.2 Å². The number of anilines is 1. The van der Waals surface area contributed by atoms with Crippen molar-refractivity contribution in [2.24, 2.45) is 5.92 Å². The number of ether oxygens (including phenoxy) is 1. The molecular formula is C24H39N3O2. The molecular weight excluding hydrogens is 362 g/mol. The number of carbonyl (C=O) groups is 1. The molecule has 162 valence electrons. The molecule has 3 rings (SSSR count). The summed E-state index contributed by atoms with van der Waals surface area (Å²) in [6.45, 7) is 12.9. The minimum atomic E-state index is 0.0388. The van der Waals surface area contributed by atoms with E-state index in [1.807, 2.05) is 6.92 Å². The fourth-order valence-electron chi connectivity index (χ4n) is 4.58. The number of amides is 1. The monoisotopic (exact) mass is 401 g/mol. The van der Waals surface area contributed by atoms with Crippen molar-refractivity contribution in [2.75, 3.05) is 50.8 Å². The Morgan fingerprint density at radius 1 is 1.07 bits per heavy atom. The second kappa shape index (κ2) is 11.0. The molecule has 5 heteroatoms. The molecule has 0 spiro atoms. The molecule has 0 radical (unpaired) electrons. The van der Waals surface area contributed by atoms with Crippen molar-refractivity contribution in [1.29, 1.82) is 0 Å². The van der Waals surface area contributed by atoms with Crippen molar-refractivity contribution in [3.8, 4) is 0 Å². The van der Waals surface area contributed by atoms with Gasteiger partial charge in [0, 0.05) is 44.5 Å². The lowest BCUT2D eigenvalue weighted by molar-refractivity contribution is -0.126. The van der Waals surface area contributed by atoms with E-state index in [0.29, 0.717) is 12.6 Å². The Labute approximate surface area is 176 Å². The number of aryl methyl sites for hydroxylation is 2. The van der Waals surface area contributed by atoms with Crippen molar-refractivity contribution in [3.05, 3.63) is 29.3 Å². The van der Waals surface area contributed by atoms with Crippen molar-refractivity contribution in [2.45, 2.75) is 58.9 Å². The van der Waals surface area contributed by atoms with E-state index in [2.05, 4.69) is 47.2 Å². The number of nitrogens with one attached hydrogen (secondary N) is 1. The summed E-state index contributed by atoms with van der Waals surface area (Å²) in [5.74, 6) is 0.852. The molecule has 1 aromatic carbocycles. The molecule has 0 bridgehead atoms. The highest BCUT2D eigenvalue weighted by Crippen LogP contribution is 2.27. The highest BCUT2D eigenvalue weighted by molar-refractivity contribution is 5.77. The van der Waals surface area contributed by atoms with Crippen molar-refractivity contribution in [3.63, 3.8) is 0 Å². The third-order valence-electron chi connectivity index (χ3n) is 6.73. The lowest BCUT2D eigenvalue weighted by Crippen LogP contribution is -2.47. The number of hydrogen-bond donors (Lipinski definition) is 1. The lowest BCUT2D eigenvalue weighted by atomic mass is 9.84. The molecule has 0 unspecified atom stereocenters. The second-order valence-corrected chi connectivity index (χ2v) is 8.81. The molecule has 0 atom stereocenters. The zero-order valence-electron chi connectivity index (χ0n) is 18.6. The van der Waals surface area contributed by atoms with E-state index in [-0.39, 0.29) is 12.5 Å². The molecule has 5 nitrogen and oxygen atoms in total. The molecule has 1 saturated carbocycles. The summed E-state index contributed by atoms with van der Waals surface area (Å²) in [6, 6.07) is 7.19. The normalized spacial score (nSPS) is 23.2. The Hall–Kier alpha value is -1.59. The van der Waals surface area contributed by atoms with Gasteiger partial charge in [0.1, 0.15) is 6.61 Å². The second-order valence-electron chi connectivity index (χ2n) is 8.81. The van der Waals surface area contributed by atoms with Gasteiger partial charge in [0.05, 0.1) is 0 Å². The quantitative estimate of drug-likeness (QED) is 0.724. The average Bonchev–Trinajstić information content (AvgIpc) is 2.74. The van der Waals surface area contributed by atoms with Crippen LogP contribution in [0.3, 0.4) is 0 Å². The maximum Gasteiger partial charge on any atom is 0.246 e. The average molecular weight is 402 g/mol. The largest absolute Gasteiger partial charge is 0.372 e. The first-order valence-electron chi connectivity index (χ1n) is 11.5. The zero-order valence-corrected chi connectivity index (χ0v) is 18.6. The van der Waals surface area contributed by atoms with Gasteiger partial charge in [-0.3, -0.25) is 9.69 Å². The van der Waals surface area contributed by atoms with Crippen LogP contribution >= 0.6 is 0 Å². The third kappa shape index (κ3) is 6.71. The van der Waals surface area contributed by atoms with E-state index in [0.717, 1.165) is 44.9 Å². The van der Waals surface area contributed by atoms with Gasteiger partial charge in [0.2, 0.25) is 5.91 Å². The van der Waals surface area contributed by atoms with Gasteiger partial charge in [-0.05, 0) is 88.6 Å². The van der Waals surface area contributed by atoms with Crippen LogP contribution in [0.15, 0.2) is 18.2 Å². The topological polar surface area (TPSA) is 44.8 Å². The summed E-state index contributed by atoms with van der Waals surface area (Å²) in [5.41, 5.74) is 4.13. The lowest BCUT2D eigenvalue weighted by Gasteiger charge is -2.37. The van der Waals surface area contributed by atoms with Gasteiger partial charge in [0.15, 0.2) is 0 Å². The fourth-order valence-corrected chi connectivity index (χ4v) is 4.58. The molecule has 1 amide bonds. The molecule has 1 N–H and O–H groups in total. The maximum absolute atomic E-state index is 11.8. The summed E-state index contributed by atoms with van der Waals surface area (Å²) in [7, 11) is 0. The molecule has 0 aromatic heterocycles. The zero-order chi connectivity index (χ0) is 20.6. The van der Waals surface area contributed by atoms with E-state index in [1.54, 1.807) is 0 Å². The Morgan fingerprint density at radius 2 is 1.79 bits per heavy atom. The van der Waals surface area contributed by atoms with E-state index in [4.69, 9.17) is 4.74 Å². The SMILES string of the molecule is CCOCC(=O)NC1CCC(CCN2CCN(c3ccc(C)c(C)c3)CC2)CC1. The summed E-state index contributed by atoms with van der Waals surface area (Å²) < 4.78 is 5.19. The number of benzene rings is 1. The molecule has 1 heterocycles. The molecule has 1 aliphatic carbocycles. The van der Waals surface area contributed by atoms with Crippen LogP contribution in [0.5, 0.6) is 0 Å². The highest BCUT2D eigenvalue weighted by Gasteiger charge is 2.24. The summed E-state index contributed by atoms with van der Waals surface area (Å²) in [5, 5.41) is 3.13. The first-order valence-corrected chi connectivity index (χ1v) is 11.5. The molecule has 2 aliphatic rings. The first kappa shape index (κ1) is 22.1. The fraction of sp³-hybridized carbons (Fsp3) is 0.708. The van der Waals surface area contributed by atoms with Crippen LogP contribution in [-0.2, 0) is 9.53 Å². The van der Waals surface area contributed by atoms with E-state index in [9.17, 15) is 4.79 Å². The number of piperazine rings is 1. The Bertz CT molecular complexity index is 648. The Morgan fingerprint density at radius 3 is 2.45 bits per heavy atom.